The fraction of sp³-hybridized carbons (Fsp3) is 0.333. The molecule has 3 rings (SSSR count). The first kappa shape index (κ1) is 29.1. The summed E-state index contributed by atoms with van der Waals surface area (Å²) in [6.07, 6.45) is 0.287. The van der Waals surface area contributed by atoms with Crippen molar-refractivity contribution in [3.63, 3.8) is 0 Å². The maximum atomic E-state index is 13.8. The molecule has 0 aliphatic carbocycles. The highest BCUT2D eigenvalue weighted by Gasteiger charge is 2.34. The molecular formula is C30H37N3O4S. The number of nitrogens with one attached hydrogen (secondary N) is 1. The van der Waals surface area contributed by atoms with Gasteiger partial charge in [0.1, 0.15) is 6.04 Å². The first-order valence-corrected chi connectivity index (χ1v) is 14.0. The summed E-state index contributed by atoms with van der Waals surface area (Å²) in [6, 6.07) is 24.5. The van der Waals surface area contributed by atoms with Crippen LogP contribution in [0.5, 0.6) is 0 Å². The number of carbonyl (C=O) groups is 2. The molecule has 38 heavy (non-hydrogen) atoms. The number of carbonyl (C=O) groups excluding carboxylic acids is 2. The van der Waals surface area contributed by atoms with Gasteiger partial charge in [0.2, 0.25) is 21.8 Å². The van der Waals surface area contributed by atoms with Crippen molar-refractivity contribution in [1.82, 2.24) is 14.5 Å². The second-order valence-electron chi connectivity index (χ2n) is 10.5. The van der Waals surface area contributed by atoms with Crippen molar-refractivity contribution in [2.45, 2.75) is 57.1 Å². The van der Waals surface area contributed by atoms with Gasteiger partial charge in [0.05, 0.1) is 11.4 Å². The Kier molecular flexibility index (Phi) is 9.46. The van der Waals surface area contributed by atoms with Gasteiger partial charge in [-0.25, -0.2) is 8.42 Å². The van der Waals surface area contributed by atoms with E-state index in [1.54, 1.807) is 12.1 Å². The smallest absolute Gasteiger partial charge is 0.243 e. The van der Waals surface area contributed by atoms with Crippen LogP contribution in [0, 0.1) is 6.92 Å². The van der Waals surface area contributed by atoms with Gasteiger partial charge in [-0.3, -0.25) is 9.59 Å². The molecule has 0 unspecified atom stereocenters. The molecule has 1 N–H and O–H groups in total. The van der Waals surface area contributed by atoms with E-state index in [0.717, 1.165) is 21.0 Å². The minimum atomic E-state index is -3.91. The third-order valence-corrected chi connectivity index (χ3v) is 7.87. The molecule has 3 aromatic carbocycles. The standard InChI is InChI=1S/C30H37N3O4S/c1-23-16-18-26(19-17-23)38(36,37)32(5)22-28(34)33(21-25-14-10-7-11-15-25)27(29(35)31-30(2,3)4)20-24-12-8-6-9-13-24/h6-19,27H,20-22H2,1-5H3,(H,31,35)/t27-/m1/s1. The van der Waals surface area contributed by atoms with E-state index in [2.05, 4.69) is 5.32 Å². The zero-order chi connectivity index (χ0) is 27.9. The second kappa shape index (κ2) is 12.4. The molecule has 0 aromatic heterocycles. The van der Waals surface area contributed by atoms with Crippen LogP contribution in [0.4, 0.5) is 0 Å². The number of hydrogen-bond donors (Lipinski definition) is 1. The molecule has 0 fully saturated rings. The lowest BCUT2D eigenvalue weighted by Crippen LogP contribution is -2.56. The van der Waals surface area contributed by atoms with Crippen molar-refractivity contribution in [3.05, 3.63) is 102 Å². The van der Waals surface area contributed by atoms with Gasteiger partial charge in [-0.15, -0.1) is 0 Å². The van der Waals surface area contributed by atoms with Gasteiger partial charge in [-0.05, 0) is 51.0 Å². The Morgan fingerprint density at radius 1 is 0.842 bits per heavy atom. The van der Waals surface area contributed by atoms with Crippen molar-refractivity contribution in [2.75, 3.05) is 13.6 Å². The summed E-state index contributed by atoms with van der Waals surface area (Å²) in [6.45, 7) is 7.28. The van der Waals surface area contributed by atoms with E-state index >= 15 is 0 Å². The van der Waals surface area contributed by atoms with Crippen molar-refractivity contribution in [2.24, 2.45) is 0 Å². The molecule has 0 saturated heterocycles. The fourth-order valence-electron chi connectivity index (χ4n) is 4.04. The molecule has 1 atom stereocenters. The topological polar surface area (TPSA) is 86.8 Å². The third kappa shape index (κ3) is 8.00. The van der Waals surface area contributed by atoms with E-state index < -0.39 is 34.1 Å². The largest absolute Gasteiger partial charge is 0.350 e. The zero-order valence-electron chi connectivity index (χ0n) is 22.7. The predicted octanol–water partition coefficient (Wildman–Crippen LogP) is 4.17. The molecule has 0 aliphatic rings. The van der Waals surface area contributed by atoms with E-state index in [-0.39, 0.29) is 23.8 Å². The average molecular weight is 536 g/mol. The molecule has 0 aliphatic heterocycles. The molecule has 0 spiro atoms. The molecule has 202 valence electrons. The lowest BCUT2D eigenvalue weighted by molar-refractivity contribution is -0.141. The summed E-state index contributed by atoms with van der Waals surface area (Å²) in [5.74, 6) is -0.758. The highest BCUT2D eigenvalue weighted by molar-refractivity contribution is 7.89. The first-order valence-electron chi connectivity index (χ1n) is 12.6. The summed E-state index contributed by atoms with van der Waals surface area (Å²) in [7, 11) is -2.52. The number of benzene rings is 3. The third-order valence-electron chi connectivity index (χ3n) is 6.05. The molecule has 2 amide bonds. The normalized spacial score (nSPS) is 12.7. The van der Waals surface area contributed by atoms with Crippen molar-refractivity contribution in [3.8, 4) is 0 Å². The van der Waals surface area contributed by atoms with Crippen LogP contribution in [0.2, 0.25) is 0 Å². The van der Waals surface area contributed by atoms with Crippen LogP contribution in [0.1, 0.15) is 37.5 Å². The molecule has 3 aromatic rings. The number of aryl methyl sites for hydroxylation is 1. The average Bonchev–Trinajstić information content (AvgIpc) is 2.86. The van der Waals surface area contributed by atoms with Crippen LogP contribution < -0.4 is 5.32 Å². The van der Waals surface area contributed by atoms with E-state index in [1.165, 1.54) is 24.1 Å². The number of nitrogens with zero attached hydrogens (tertiary/aromatic N) is 2. The quantitative estimate of drug-likeness (QED) is 0.422. The molecule has 0 radical (unpaired) electrons. The van der Waals surface area contributed by atoms with Gasteiger partial charge in [0.15, 0.2) is 0 Å². The van der Waals surface area contributed by atoms with Crippen LogP contribution in [0.3, 0.4) is 0 Å². The van der Waals surface area contributed by atoms with Crippen LogP contribution in [-0.4, -0.2) is 54.6 Å². The molecule has 0 saturated carbocycles. The van der Waals surface area contributed by atoms with Crippen LogP contribution in [0.15, 0.2) is 89.8 Å². The summed E-state index contributed by atoms with van der Waals surface area (Å²) in [5.41, 5.74) is 2.16. The zero-order valence-corrected chi connectivity index (χ0v) is 23.5. The van der Waals surface area contributed by atoms with Crippen LogP contribution in [0.25, 0.3) is 0 Å². The monoisotopic (exact) mass is 535 g/mol. The summed E-state index contributed by atoms with van der Waals surface area (Å²) < 4.78 is 27.5. The Bertz CT molecular complexity index is 1320. The molecule has 0 bridgehead atoms. The number of hydrogen-bond acceptors (Lipinski definition) is 4. The minimum absolute atomic E-state index is 0.110. The summed E-state index contributed by atoms with van der Waals surface area (Å²) in [4.78, 5) is 29.0. The van der Waals surface area contributed by atoms with Crippen molar-refractivity contribution >= 4 is 21.8 Å². The Hall–Kier alpha value is -3.49. The Morgan fingerprint density at radius 2 is 1.37 bits per heavy atom. The van der Waals surface area contributed by atoms with E-state index in [0.29, 0.717) is 0 Å². The molecule has 7 nitrogen and oxygen atoms in total. The van der Waals surface area contributed by atoms with Gasteiger partial charge in [0, 0.05) is 25.6 Å². The van der Waals surface area contributed by atoms with Gasteiger partial charge >= 0.3 is 0 Å². The number of rotatable bonds is 10. The Labute approximate surface area is 226 Å². The molecular weight excluding hydrogens is 498 g/mol. The van der Waals surface area contributed by atoms with Gasteiger partial charge in [-0.2, -0.15) is 4.31 Å². The number of sulfonamides is 1. The fourth-order valence-corrected chi connectivity index (χ4v) is 5.16. The van der Waals surface area contributed by atoms with Gasteiger partial charge < -0.3 is 10.2 Å². The lowest BCUT2D eigenvalue weighted by Gasteiger charge is -2.34. The highest BCUT2D eigenvalue weighted by Crippen LogP contribution is 2.19. The maximum absolute atomic E-state index is 13.8. The highest BCUT2D eigenvalue weighted by atomic mass is 32.2. The van der Waals surface area contributed by atoms with Crippen LogP contribution >= 0.6 is 0 Å². The lowest BCUT2D eigenvalue weighted by atomic mass is 10.0. The van der Waals surface area contributed by atoms with Crippen LogP contribution in [-0.2, 0) is 32.6 Å². The SMILES string of the molecule is Cc1ccc(S(=O)(=O)N(C)CC(=O)N(Cc2ccccc2)[C@H](Cc2ccccc2)C(=O)NC(C)(C)C)cc1. The predicted molar refractivity (Wildman–Crippen MR) is 150 cm³/mol. The van der Waals surface area contributed by atoms with Gasteiger partial charge in [0.25, 0.3) is 0 Å². The number of amides is 2. The van der Waals surface area contributed by atoms with E-state index in [4.69, 9.17) is 0 Å². The molecule has 8 heteroatoms. The summed E-state index contributed by atoms with van der Waals surface area (Å²) >= 11 is 0. The Balaban J connectivity index is 1.97. The maximum Gasteiger partial charge on any atom is 0.243 e. The van der Waals surface area contributed by atoms with Crippen molar-refractivity contribution in [1.29, 1.82) is 0 Å². The van der Waals surface area contributed by atoms with E-state index in [1.807, 2.05) is 88.4 Å². The molecule has 0 heterocycles. The summed E-state index contributed by atoms with van der Waals surface area (Å²) in [5, 5.41) is 3.01. The first-order chi connectivity index (χ1) is 17.9. The number of likely N-dealkylation sites (N-methyl/N-ethyl adjacent to an activating group) is 1. The van der Waals surface area contributed by atoms with Gasteiger partial charge in [-0.1, -0.05) is 78.4 Å². The second-order valence-corrected chi connectivity index (χ2v) is 12.6. The van der Waals surface area contributed by atoms with E-state index in [9.17, 15) is 18.0 Å². The van der Waals surface area contributed by atoms with Crippen molar-refractivity contribution < 1.29 is 18.0 Å². The minimum Gasteiger partial charge on any atom is -0.350 e. The Morgan fingerprint density at radius 3 is 1.89 bits per heavy atom.